The molecule has 0 spiro atoms. The maximum absolute atomic E-state index is 7.17. The van der Waals surface area contributed by atoms with Crippen molar-refractivity contribution in [3.63, 3.8) is 0 Å². The van der Waals surface area contributed by atoms with Crippen molar-refractivity contribution in [3.8, 4) is 0 Å². The van der Waals surface area contributed by atoms with Crippen LogP contribution in [0, 0.1) is 0 Å². The SMILES string of the molecule is OB(O)O.[OH][Cu][OH]. The molecule has 0 saturated heterocycles. The average molecular weight is 159 g/mol. The molecule has 0 unspecified atom stereocenters. The Labute approximate surface area is 47.2 Å². The Bertz CT molecular complexity index is 19.3. The first-order valence-electron chi connectivity index (χ1n) is 1.04. The number of rotatable bonds is 0. The quantitative estimate of drug-likeness (QED) is 0.240. The Morgan fingerprint density at radius 3 is 1.00 bits per heavy atom. The van der Waals surface area contributed by atoms with Gasteiger partial charge in [0.05, 0.1) is 0 Å². The van der Waals surface area contributed by atoms with Crippen LogP contribution in [0.5, 0.6) is 0 Å². The predicted octanol–water partition coefficient (Wildman–Crippen LogP) is -3.17. The van der Waals surface area contributed by atoms with Gasteiger partial charge in [0, 0.05) is 0 Å². The molecule has 0 aliphatic rings. The second-order valence-electron chi connectivity index (χ2n) is 0.407. The Morgan fingerprint density at radius 1 is 1.00 bits per heavy atom. The second-order valence-corrected chi connectivity index (χ2v) is 0.595. The molecule has 7 heteroatoms. The molecule has 0 aromatic heterocycles. The fourth-order valence-corrected chi connectivity index (χ4v) is 0. The third-order valence-corrected chi connectivity index (χ3v) is 0. The van der Waals surface area contributed by atoms with Crippen molar-refractivity contribution in [3.05, 3.63) is 0 Å². The van der Waals surface area contributed by atoms with Crippen LogP contribution in [0.2, 0.25) is 0 Å². The van der Waals surface area contributed by atoms with Gasteiger partial charge in [0.1, 0.15) is 0 Å². The summed E-state index contributed by atoms with van der Waals surface area (Å²) in [5.41, 5.74) is 0. The molecule has 0 aromatic rings. The molecule has 0 rings (SSSR count). The molecule has 5 nitrogen and oxygen atoms in total. The molecule has 0 saturated carbocycles. The zero-order valence-corrected chi connectivity index (χ0v) is 4.06. The fourth-order valence-electron chi connectivity index (χ4n) is 0. The Hall–Kier alpha value is 0.384. The average Bonchev–Trinajstić information content (AvgIpc) is 1.33. The molecular weight excluding hydrogens is 154 g/mol. The first-order chi connectivity index (χ1) is 3.15. The molecule has 0 bridgehead atoms. The van der Waals surface area contributed by atoms with Crippen LogP contribution >= 0.6 is 0 Å². The molecule has 0 radical (unpaired) electrons. The summed E-state index contributed by atoms with van der Waals surface area (Å²) < 4.78 is 14.1. The number of hydrogen-bond acceptors (Lipinski definition) is 5. The molecule has 7 heavy (non-hydrogen) atoms. The van der Waals surface area contributed by atoms with Crippen LogP contribution in [0.1, 0.15) is 0 Å². The van der Waals surface area contributed by atoms with Crippen molar-refractivity contribution in [2.75, 3.05) is 0 Å². The monoisotopic (exact) mass is 159 g/mol. The van der Waals surface area contributed by atoms with E-state index in [-0.39, 0.29) is 15.6 Å². The van der Waals surface area contributed by atoms with Gasteiger partial charge in [-0.2, -0.15) is 0 Å². The van der Waals surface area contributed by atoms with Crippen LogP contribution in [0.15, 0.2) is 0 Å². The van der Waals surface area contributed by atoms with Gasteiger partial charge >= 0.3 is 31.3 Å². The van der Waals surface area contributed by atoms with Crippen molar-refractivity contribution in [2.24, 2.45) is 0 Å². The second kappa shape index (κ2) is 9.63. The van der Waals surface area contributed by atoms with Crippen LogP contribution in [0.4, 0.5) is 0 Å². The van der Waals surface area contributed by atoms with Gasteiger partial charge in [0.15, 0.2) is 0 Å². The van der Waals surface area contributed by atoms with Gasteiger partial charge in [-0.15, -0.1) is 0 Å². The van der Waals surface area contributed by atoms with Crippen LogP contribution in [-0.2, 0) is 15.6 Å². The van der Waals surface area contributed by atoms with Crippen molar-refractivity contribution in [2.45, 2.75) is 0 Å². The van der Waals surface area contributed by atoms with E-state index in [1.54, 1.807) is 0 Å². The van der Waals surface area contributed by atoms with Gasteiger partial charge in [0.2, 0.25) is 0 Å². The topological polar surface area (TPSA) is 101 Å². The van der Waals surface area contributed by atoms with Gasteiger partial charge in [-0.25, -0.2) is 0 Å². The van der Waals surface area contributed by atoms with Crippen molar-refractivity contribution < 1.29 is 39.1 Å². The molecule has 0 aliphatic carbocycles. The molecule has 0 amide bonds. The Balaban J connectivity index is 0. The maximum atomic E-state index is 7.17. The Morgan fingerprint density at radius 2 is 1.00 bits per heavy atom. The van der Waals surface area contributed by atoms with E-state index in [9.17, 15) is 0 Å². The molecule has 49 valence electrons. The molecule has 0 heterocycles. The van der Waals surface area contributed by atoms with E-state index >= 15 is 0 Å². The van der Waals surface area contributed by atoms with Gasteiger partial charge in [-0.05, 0) is 0 Å². The molecular formula is H5BCuO5. The van der Waals surface area contributed by atoms with E-state index in [1.165, 1.54) is 0 Å². The summed E-state index contributed by atoms with van der Waals surface area (Å²) in [6.45, 7) is 0. The summed E-state index contributed by atoms with van der Waals surface area (Å²) in [5, 5.41) is 21.5. The van der Waals surface area contributed by atoms with Gasteiger partial charge < -0.3 is 15.1 Å². The Kier molecular flexibility index (Phi) is 14.3. The summed E-state index contributed by atoms with van der Waals surface area (Å²) in [5.74, 6) is 0. The third kappa shape index (κ3) is 831. The van der Waals surface area contributed by atoms with Crippen molar-refractivity contribution in [1.29, 1.82) is 0 Å². The molecule has 0 aromatic carbocycles. The van der Waals surface area contributed by atoms with Crippen LogP contribution in [-0.4, -0.2) is 30.8 Å². The first kappa shape index (κ1) is 10.4. The minimum atomic E-state index is -2.17. The van der Waals surface area contributed by atoms with Crippen LogP contribution < -0.4 is 0 Å². The summed E-state index contributed by atoms with van der Waals surface area (Å²) in [7, 11) is -2.17. The van der Waals surface area contributed by atoms with E-state index in [0.717, 1.165) is 0 Å². The van der Waals surface area contributed by atoms with Gasteiger partial charge in [-0.3, -0.25) is 0 Å². The minimum absolute atomic E-state index is 0.188. The van der Waals surface area contributed by atoms with E-state index in [4.69, 9.17) is 23.4 Å². The van der Waals surface area contributed by atoms with E-state index in [2.05, 4.69) is 0 Å². The summed E-state index contributed by atoms with van der Waals surface area (Å²) in [6.07, 6.45) is 0. The van der Waals surface area contributed by atoms with Gasteiger partial charge in [-0.1, -0.05) is 0 Å². The summed E-state index contributed by atoms with van der Waals surface area (Å²) in [6, 6.07) is 0. The van der Waals surface area contributed by atoms with Crippen LogP contribution in [0.25, 0.3) is 0 Å². The number of hydrogen-bond donors (Lipinski definition) is 5. The van der Waals surface area contributed by atoms with Crippen molar-refractivity contribution in [1.82, 2.24) is 0 Å². The molecule has 5 N–H and O–H groups in total. The molecule has 0 fully saturated rings. The van der Waals surface area contributed by atoms with Gasteiger partial charge in [0.25, 0.3) is 0 Å². The first-order valence-corrected chi connectivity index (χ1v) is 1.89. The summed E-state index contributed by atoms with van der Waals surface area (Å²) >= 11 is -0.188. The van der Waals surface area contributed by atoms with E-state index in [0.29, 0.717) is 0 Å². The normalized spacial score (nSPS) is 7.00. The fraction of sp³-hybridized carbons (Fsp3) is 0. The third-order valence-electron chi connectivity index (χ3n) is 0. The summed E-state index contributed by atoms with van der Waals surface area (Å²) in [4.78, 5) is 0. The van der Waals surface area contributed by atoms with Crippen LogP contribution in [0.3, 0.4) is 0 Å². The zero-order valence-electron chi connectivity index (χ0n) is 3.11. The standard InChI is InChI=1S/BH3O3.Cu.2H2O/c2-1(3)4;;;/h2-4H;;2*1H2/q;+2;;/p-2. The predicted molar refractivity (Wildman–Crippen MR) is 16.8 cm³/mol. The molecule has 0 aliphatic heterocycles. The van der Waals surface area contributed by atoms with Crippen molar-refractivity contribution >= 4 is 7.32 Å². The van der Waals surface area contributed by atoms with E-state index in [1.807, 2.05) is 0 Å². The van der Waals surface area contributed by atoms with E-state index < -0.39 is 7.32 Å². The zero-order chi connectivity index (χ0) is 6.28. The molecule has 0 atom stereocenters.